The number of rotatable bonds is 6. The molecule has 37 heavy (non-hydrogen) atoms. The molecule has 2 aromatic heterocycles. The van der Waals surface area contributed by atoms with Crippen LogP contribution in [0.4, 0.5) is 0 Å². The minimum atomic E-state index is -0.0522. The minimum Gasteiger partial charge on any atom is -0.490 e. The molecule has 3 heterocycles. The van der Waals surface area contributed by atoms with Gasteiger partial charge in [0.25, 0.3) is 5.56 Å². The molecule has 0 spiro atoms. The second-order valence-electron chi connectivity index (χ2n) is 9.54. The zero-order chi connectivity index (χ0) is 26.1. The summed E-state index contributed by atoms with van der Waals surface area (Å²) in [6.07, 6.45) is 1.90. The number of ether oxygens (including phenoxy) is 1. The van der Waals surface area contributed by atoms with E-state index in [0.717, 1.165) is 71.3 Å². The number of benzene rings is 2. The van der Waals surface area contributed by atoms with Crippen molar-refractivity contribution in [3.8, 4) is 5.75 Å². The number of likely N-dealkylation sites (tertiary alicyclic amines) is 1. The first-order valence-electron chi connectivity index (χ1n) is 12.6. The van der Waals surface area contributed by atoms with Crippen molar-refractivity contribution >= 4 is 33.5 Å². The highest BCUT2D eigenvalue weighted by molar-refractivity contribution is 6.00. The van der Waals surface area contributed by atoms with E-state index in [-0.39, 0.29) is 17.5 Å². The van der Waals surface area contributed by atoms with Crippen LogP contribution >= 0.6 is 0 Å². The summed E-state index contributed by atoms with van der Waals surface area (Å²) in [4.78, 5) is 15.1. The van der Waals surface area contributed by atoms with Gasteiger partial charge in [-0.1, -0.05) is 12.1 Å². The van der Waals surface area contributed by atoms with Gasteiger partial charge in [0, 0.05) is 60.7 Å². The molecule has 1 saturated heterocycles. The third-order valence-corrected chi connectivity index (χ3v) is 7.24. The van der Waals surface area contributed by atoms with Gasteiger partial charge in [0.15, 0.2) is 0 Å². The van der Waals surface area contributed by atoms with Gasteiger partial charge in [-0.2, -0.15) is 5.10 Å². The molecule has 0 amide bonds. The van der Waals surface area contributed by atoms with E-state index in [1.165, 1.54) is 0 Å². The molecule has 192 valence electrons. The number of piperidine rings is 1. The van der Waals surface area contributed by atoms with E-state index in [0.29, 0.717) is 12.4 Å². The van der Waals surface area contributed by atoms with Gasteiger partial charge in [-0.05, 0) is 55.6 Å². The van der Waals surface area contributed by atoms with Crippen LogP contribution in [-0.4, -0.2) is 44.9 Å². The Kier molecular flexibility index (Phi) is 6.60. The lowest BCUT2D eigenvalue weighted by Gasteiger charge is -2.32. The summed E-state index contributed by atoms with van der Waals surface area (Å²) in [6.45, 7) is 6.77. The average molecular weight is 500 g/mol. The van der Waals surface area contributed by atoms with Gasteiger partial charge in [0.1, 0.15) is 17.7 Å². The smallest absolute Gasteiger partial charge is 0.251 e. The Morgan fingerprint density at radius 2 is 1.76 bits per heavy atom. The molecular formula is C28H33N7O2. The lowest BCUT2D eigenvalue weighted by molar-refractivity contribution is 0.130. The van der Waals surface area contributed by atoms with E-state index >= 15 is 0 Å². The van der Waals surface area contributed by atoms with Gasteiger partial charge in [-0.15, -0.1) is 0 Å². The van der Waals surface area contributed by atoms with Gasteiger partial charge in [0.2, 0.25) is 0 Å². The highest BCUT2D eigenvalue weighted by atomic mass is 16.5. The summed E-state index contributed by atoms with van der Waals surface area (Å²) in [5.41, 5.74) is 9.56. The zero-order valence-corrected chi connectivity index (χ0v) is 21.3. The number of nitrogens with zero attached hydrogens (tertiary/aromatic N) is 4. The third kappa shape index (κ3) is 4.76. The normalized spacial score (nSPS) is 15.0. The Bertz CT molecular complexity index is 1560. The highest BCUT2D eigenvalue weighted by Gasteiger charge is 2.21. The number of pyridine rings is 1. The average Bonchev–Trinajstić information content (AvgIpc) is 3.26. The molecule has 5 rings (SSSR count). The fourth-order valence-electron chi connectivity index (χ4n) is 5.23. The molecule has 0 bridgehead atoms. The van der Waals surface area contributed by atoms with Crippen molar-refractivity contribution in [3.05, 3.63) is 76.2 Å². The minimum absolute atomic E-state index is 0.0522. The first-order valence-corrected chi connectivity index (χ1v) is 12.6. The van der Waals surface area contributed by atoms with Crippen molar-refractivity contribution in [2.75, 3.05) is 13.1 Å². The van der Waals surface area contributed by atoms with Gasteiger partial charge < -0.3 is 30.3 Å². The molecule has 0 aliphatic carbocycles. The Labute approximate surface area is 215 Å². The van der Waals surface area contributed by atoms with Crippen LogP contribution in [0, 0.1) is 5.41 Å². The van der Waals surface area contributed by atoms with Crippen molar-refractivity contribution in [2.45, 2.75) is 45.9 Å². The first kappa shape index (κ1) is 24.4. The predicted octanol–water partition coefficient (Wildman–Crippen LogP) is 3.44. The summed E-state index contributed by atoms with van der Waals surface area (Å²) in [5.74, 6) is 7.07. The first-order chi connectivity index (χ1) is 17.9. The molecule has 9 nitrogen and oxygen atoms in total. The zero-order valence-electron chi connectivity index (χ0n) is 21.3. The molecule has 2 aromatic carbocycles. The van der Waals surface area contributed by atoms with Crippen LogP contribution < -0.4 is 21.9 Å². The molecular weight excluding hydrogens is 466 g/mol. The van der Waals surface area contributed by atoms with Gasteiger partial charge in [-0.25, -0.2) is 0 Å². The second kappa shape index (κ2) is 10.0. The number of amidine groups is 2. The number of hydrogen-bond acceptors (Lipinski definition) is 5. The van der Waals surface area contributed by atoms with Crippen molar-refractivity contribution in [1.29, 1.82) is 5.41 Å². The Morgan fingerprint density at radius 3 is 2.46 bits per heavy atom. The molecule has 0 atom stereocenters. The molecule has 0 unspecified atom stereocenters. The van der Waals surface area contributed by atoms with Gasteiger partial charge in [-0.3, -0.25) is 10.2 Å². The SMILES string of the molecule is CCn1c(Cn2c(=O)ccc3cc(OC4CCN(C(C)=N)CC4)ccc32)cc2ccc(/C(N)=N\N)cc21. The monoisotopic (exact) mass is 499 g/mol. The van der Waals surface area contributed by atoms with Crippen LogP contribution in [0.5, 0.6) is 5.75 Å². The van der Waals surface area contributed by atoms with Crippen LogP contribution in [0.3, 0.4) is 0 Å². The fraction of sp³-hybridized carbons (Fsp3) is 0.321. The lowest BCUT2D eigenvalue weighted by atomic mass is 10.1. The number of nitrogens with two attached hydrogens (primary N) is 2. The van der Waals surface area contributed by atoms with Gasteiger partial charge in [0.05, 0.1) is 17.9 Å². The summed E-state index contributed by atoms with van der Waals surface area (Å²) in [5, 5.41) is 13.5. The second-order valence-corrected chi connectivity index (χ2v) is 9.54. The quantitative estimate of drug-likeness (QED) is 0.162. The third-order valence-electron chi connectivity index (χ3n) is 7.24. The van der Waals surface area contributed by atoms with E-state index < -0.39 is 0 Å². The summed E-state index contributed by atoms with van der Waals surface area (Å²) in [6, 6.07) is 17.4. The van der Waals surface area contributed by atoms with E-state index in [4.69, 9.17) is 21.7 Å². The summed E-state index contributed by atoms with van der Waals surface area (Å²) in [7, 11) is 0. The van der Waals surface area contributed by atoms with Crippen molar-refractivity contribution in [2.24, 2.45) is 16.7 Å². The molecule has 0 saturated carbocycles. The topological polar surface area (TPSA) is 128 Å². The number of aromatic nitrogens is 2. The molecule has 9 heteroatoms. The number of aryl methyl sites for hydroxylation is 1. The summed E-state index contributed by atoms with van der Waals surface area (Å²) < 4.78 is 10.3. The Balaban J connectivity index is 1.44. The molecule has 1 fully saturated rings. The maximum Gasteiger partial charge on any atom is 0.251 e. The van der Waals surface area contributed by atoms with Crippen molar-refractivity contribution in [1.82, 2.24) is 14.0 Å². The highest BCUT2D eigenvalue weighted by Crippen LogP contribution is 2.26. The molecule has 5 N–H and O–H groups in total. The number of fused-ring (bicyclic) bond motifs is 2. The van der Waals surface area contributed by atoms with Crippen LogP contribution in [-0.2, 0) is 13.1 Å². The van der Waals surface area contributed by atoms with E-state index in [2.05, 4.69) is 27.6 Å². The molecule has 1 aliphatic rings. The van der Waals surface area contributed by atoms with Crippen LogP contribution in [0.15, 0.2) is 64.5 Å². The standard InChI is InChI=1S/C28H33N7O2/c1-3-34-22(14-19-4-5-21(16-26(19)34)28(30)32-31)17-35-25-8-7-24(15-20(25)6-9-27(35)36)37-23-10-12-33(13-11-23)18(2)29/h4-9,14-16,23,29H,3,10-13,17,31H2,1-2H3,(H2,30,32). The fourth-order valence-corrected chi connectivity index (χ4v) is 5.23. The molecule has 4 aromatic rings. The van der Waals surface area contributed by atoms with Crippen molar-refractivity contribution < 1.29 is 4.74 Å². The Hall–Kier alpha value is -4.27. The van der Waals surface area contributed by atoms with Crippen LogP contribution in [0.25, 0.3) is 21.8 Å². The van der Waals surface area contributed by atoms with Crippen molar-refractivity contribution in [3.63, 3.8) is 0 Å². The van der Waals surface area contributed by atoms with Gasteiger partial charge >= 0.3 is 0 Å². The predicted molar refractivity (Wildman–Crippen MR) is 148 cm³/mol. The maximum absolute atomic E-state index is 13.0. The van der Waals surface area contributed by atoms with E-state index in [9.17, 15) is 4.79 Å². The maximum atomic E-state index is 13.0. The van der Waals surface area contributed by atoms with E-state index in [1.54, 1.807) is 10.6 Å². The number of hydrogen-bond donors (Lipinski definition) is 3. The van der Waals surface area contributed by atoms with Crippen LogP contribution in [0.1, 0.15) is 37.9 Å². The Morgan fingerprint density at radius 1 is 1.03 bits per heavy atom. The van der Waals surface area contributed by atoms with Crippen LogP contribution in [0.2, 0.25) is 0 Å². The number of nitrogens with one attached hydrogen (secondary N) is 1. The number of hydrazone groups is 1. The lowest BCUT2D eigenvalue weighted by Crippen LogP contribution is -2.40. The molecule has 1 aliphatic heterocycles. The summed E-state index contributed by atoms with van der Waals surface area (Å²) >= 11 is 0. The molecule has 0 radical (unpaired) electrons. The van der Waals surface area contributed by atoms with E-state index in [1.807, 2.05) is 49.4 Å². The largest absolute Gasteiger partial charge is 0.490 e.